The van der Waals surface area contributed by atoms with Gasteiger partial charge in [-0.25, -0.2) is 0 Å². The fourth-order valence-electron chi connectivity index (χ4n) is 1.44. The van der Waals surface area contributed by atoms with Crippen molar-refractivity contribution in [3.8, 4) is 5.88 Å². The first-order valence-electron chi connectivity index (χ1n) is 5.27. The molecule has 0 radical (unpaired) electrons. The Kier molecular flexibility index (Phi) is 4.18. The van der Waals surface area contributed by atoms with Gasteiger partial charge in [0.05, 0.1) is 22.9 Å². The first kappa shape index (κ1) is 13.6. The Morgan fingerprint density at radius 3 is 2.84 bits per heavy atom. The number of thiophene rings is 1. The minimum Gasteiger partial charge on any atom is -0.481 e. The molecule has 0 aliphatic heterocycles. The highest BCUT2D eigenvalue weighted by molar-refractivity contribution is 7.16. The standard InChI is InChI=1S/C11H10ClN3O3S/c1-18-10-5-3-8(15(16)17)11(14-10)13-6-7-2-4-9(12)19-7/h2-5H,6H2,1H3,(H,13,14). The molecule has 8 heteroatoms. The van der Waals surface area contributed by atoms with Crippen molar-refractivity contribution >= 4 is 34.4 Å². The van der Waals surface area contributed by atoms with Crippen LogP contribution in [-0.2, 0) is 6.54 Å². The summed E-state index contributed by atoms with van der Waals surface area (Å²) in [6.45, 7) is 0.415. The first-order valence-corrected chi connectivity index (χ1v) is 6.47. The number of aromatic nitrogens is 1. The molecule has 0 saturated carbocycles. The maximum atomic E-state index is 10.9. The summed E-state index contributed by atoms with van der Waals surface area (Å²) in [5.74, 6) is 0.492. The lowest BCUT2D eigenvalue weighted by Gasteiger charge is -2.06. The van der Waals surface area contributed by atoms with E-state index in [1.54, 1.807) is 6.07 Å². The smallest absolute Gasteiger partial charge is 0.311 e. The predicted octanol–water partition coefficient (Wildman–Crippen LogP) is 3.33. The van der Waals surface area contributed by atoms with Crippen LogP contribution in [0.4, 0.5) is 11.5 Å². The van der Waals surface area contributed by atoms with Gasteiger partial charge in [-0.15, -0.1) is 11.3 Å². The van der Waals surface area contributed by atoms with Gasteiger partial charge in [-0.2, -0.15) is 4.98 Å². The van der Waals surface area contributed by atoms with E-state index in [4.69, 9.17) is 16.3 Å². The number of nitrogens with zero attached hydrogens (tertiary/aromatic N) is 2. The highest BCUT2D eigenvalue weighted by atomic mass is 35.5. The van der Waals surface area contributed by atoms with Crippen LogP contribution in [0.2, 0.25) is 4.34 Å². The minimum absolute atomic E-state index is 0.0940. The summed E-state index contributed by atoms with van der Waals surface area (Å²) in [6, 6.07) is 6.43. The number of anilines is 1. The highest BCUT2D eigenvalue weighted by Gasteiger charge is 2.16. The molecule has 2 aromatic rings. The predicted molar refractivity (Wildman–Crippen MR) is 74.1 cm³/mol. The van der Waals surface area contributed by atoms with Crippen molar-refractivity contribution in [2.45, 2.75) is 6.54 Å². The van der Waals surface area contributed by atoms with Crippen LogP contribution in [0, 0.1) is 10.1 Å². The number of rotatable bonds is 5. The molecule has 2 heterocycles. The number of hydrogen-bond acceptors (Lipinski definition) is 6. The Morgan fingerprint density at radius 2 is 2.26 bits per heavy atom. The van der Waals surface area contributed by atoms with Gasteiger partial charge in [0.2, 0.25) is 11.7 Å². The third-order valence-corrected chi connectivity index (χ3v) is 3.54. The Morgan fingerprint density at radius 1 is 1.47 bits per heavy atom. The molecule has 0 unspecified atom stereocenters. The van der Waals surface area contributed by atoms with Crippen LogP contribution in [0.1, 0.15) is 4.88 Å². The second-order valence-electron chi connectivity index (χ2n) is 3.54. The van der Waals surface area contributed by atoms with Gasteiger partial charge in [0, 0.05) is 17.0 Å². The fourth-order valence-corrected chi connectivity index (χ4v) is 2.47. The lowest BCUT2D eigenvalue weighted by molar-refractivity contribution is -0.384. The zero-order chi connectivity index (χ0) is 13.8. The molecule has 0 atom stereocenters. The molecule has 2 aromatic heterocycles. The third-order valence-electron chi connectivity index (χ3n) is 2.31. The molecule has 0 bridgehead atoms. The lowest BCUT2D eigenvalue weighted by atomic mass is 10.3. The van der Waals surface area contributed by atoms with E-state index < -0.39 is 4.92 Å². The van der Waals surface area contributed by atoms with Crippen LogP contribution in [0.3, 0.4) is 0 Å². The molecule has 100 valence electrons. The van der Waals surface area contributed by atoms with E-state index in [2.05, 4.69) is 10.3 Å². The largest absolute Gasteiger partial charge is 0.481 e. The zero-order valence-electron chi connectivity index (χ0n) is 9.92. The normalized spacial score (nSPS) is 10.2. The maximum absolute atomic E-state index is 10.9. The number of nitrogens with one attached hydrogen (secondary N) is 1. The van der Waals surface area contributed by atoms with Crippen molar-refractivity contribution < 1.29 is 9.66 Å². The molecule has 0 amide bonds. The van der Waals surface area contributed by atoms with Gasteiger partial charge in [-0.3, -0.25) is 10.1 Å². The molecule has 0 fully saturated rings. The summed E-state index contributed by atoms with van der Waals surface area (Å²) in [7, 11) is 1.46. The summed E-state index contributed by atoms with van der Waals surface area (Å²) in [4.78, 5) is 15.4. The van der Waals surface area contributed by atoms with Crippen LogP contribution in [0.25, 0.3) is 0 Å². The summed E-state index contributed by atoms with van der Waals surface area (Å²) < 4.78 is 5.62. The van der Waals surface area contributed by atoms with Crippen LogP contribution in [0.15, 0.2) is 24.3 Å². The molecular formula is C11H10ClN3O3S. The van der Waals surface area contributed by atoms with Crippen LogP contribution >= 0.6 is 22.9 Å². The number of hydrogen-bond donors (Lipinski definition) is 1. The van der Waals surface area contributed by atoms with Gasteiger partial charge in [0.15, 0.2) is 0 Å². The molecule has 6 nitrogen and oxygen atoms in total. The van der Waals surface area contributed by atoms with Crippen molar-refractivity contribution in [1.29, 1.82) is 0 Å². The van der Waals surface area contributed by atoms with Crippen molar-refractivity contribution in [3.63, 3.8) is 0 Å². The fraction of sp³-hybridized carbons (Fsp3) is 0.182. The maximum Gasteiger partial charge on any atom is 0.311 e. The number of ether oxygens (including phenoxy) is 1. The molecular weight excluding hydrogens is 290 g/mol. The lowest BCUT2D eigenvalue weighted by Crippen LogP contribution is -2.04. The molecule has 0 spiro atoms. The van der Waals surface area contributed by atoms with Crippen LogP contribution in [-0.4, -0.2) is 17.0 Å². The van der Waals surface area contributed by atoms with Crippen LogP contribution < -0.4 is 10.1 Å². The Labute approximate surface area is 118 Å². The van der Waals surface area contributed by atoms with Crippen LogP contribution in [0.5, 0.6) is 5.88 Å². The SMILES string of the molecule is COc1ccc([N+](=O)[O-])c(NCc2ccc(Cl)s2)n1. The summed E-state index contributed by atoms with van der Waals surface area (Å²) >= 11 is 7.22. The molecule has 1 N–H and O–H groups in total. The second-order valence-corrected chi connectivity index (χ2v) is 5.34. The highest BCUT2D eigenvalue weighted by Crippen LogP contribution is 2.27. The summed E-state index contributed by atoms with van der Waals surface area (Å²) in [6.07, 6.45) is 0. The summed E-state index contributed by atoms with van der Waals surface area (Å²) in [5.41, 5.74) is -0.0940. The van der Waals surface area contributed by atoms with Gasteiger partial charge < -0.3 is 10.1 Å². The van der Waals surface area contributed by atoms with E-state index in [-0.39, 0.29) is 11.5 Å². The number of pyridine rings is 1. The van der Waals surface area contributed by atoms with Crippen molar-refractivity contribution in [2.24, 2.45) is 0 Å². The quantitative estimate of drug-likeness (QED) is 0.677. The number of nitro groups is 1. The van der Waals surface area contributed by atoms with Gasteiger partial charge >= 0.3 is 5.69 Å². The monoisotopic (exact) mass is 299 g/mol. The Hall–Kier alpha value is -1.86. The van der Waals surface area contributed by atoms with Gasteiger partial charge in [0.25, 0.3) is 0 Å². The minimum atomic E-state index is -0.490. The molecule has 0 saturated heterocycles. The van der Waals surface area contributed by atoms with E-state index in [0.29, 0.717) is 16.8 Å². The summed E-state index contributed by atoms with van der Waals surface area (Å²) in [5, 5.41) is 13.8. The van der Waals surface area contributed by atoms with E-state index in [1.165, 1.54) is 30.6 Å². The Bertz CT molecular complexity index is 603. The second kappa shape index (κ2) is 5.85. The number of methoxy groups -OCH3 is 1. The molecule has 0 aromatic carbocycles. The van der Waals surface area contributed by atoms with E-state index in [0.717, 1.165) is 4.88 Å². The topological polar surface area (TPSA) is 77.3 Å². The van der Waals surface area contributed by atoms with Crippen molar-refractivity contribution in [2.75, 3.05) is 12.4 Å². The van der Waals surface area contributed by atoms with E-state index >= 15 is 0 Å². The molecule has 2 rings (SSSR count). The van der Waals surface area contributed by atoms with E-state index in [1.807, 2.05) is 6.07 Å². The van der Waals surface area contributed by atoms with Crippen molar-refractivity contribution in [3.05, 3.63) is 43.6 Å². The third kappa shape index (κ3) is 3.33. The molecule has 0 aliphatic carbocycles. The van der Waals surface area contributed by atoms with Crippen molar-refractivity contribution in [1.82, 2.24) is 4.98 Å². The van der Waals surface area contributed by atoms with Gasteiger partial charge in [0.1, 0.15) is 0 Å². The van der Waals surface area contributed by atoms with Gasteiger partial charge in [-0.05, 0) is 12.1 Å². The Balaban J connectivity index is 2.19. The van der Waals surface area contributed by atoms with E-state index in [9.17, 15) is 10.1 Å². The molecule has 19 heavy (non-hydrogen) atoms. The molecule has 0 aliphatic rings. The average Bonchev–Trinajstić information content (AvgIpc) is 2.81. The average molecular weight is 300 g/mol. The first-order chi connectivity index (χ1) is 9.10. The number of halogens is 1. The zero-order valence-corrected chi connectivity index (χ0v) is 11.5. The van der Waals surface area contributed by atoms with Gasteiger partial charge in [-0.1, -0.05) is 11.6 Å².